The lowest BCUT2D eigenvalue weighted by Crippen LogP contribution is -2.39. The zero-order chi connectivity index (χ0) is 13.1. The summed E-state index contributed by atoms with van der Waals surface area (Å²) in [5.74, 6) is 0.225. The summed E-state index contributed by atoms with van der Waals surface area (Å²) in [5, 5.41) is 0. The number of rotatable bonds is 4. The molecule has 2 aliphatic heterocycles. The van der Waals surface area contributed by atoms with E-state index >= 15 is 0 Å². The number of nitrogens with zero attached hydrogens (tertiary/aromatic N) is 2. The molecule has 0 atom stereocenters. The molecule has 2 aliphatic rings. The van der Waals surface area contributed by atoms with Crippen molar-refractivity contribution in [3.63, 3.8) is 0 Å². The van der Waals surface area contributed by atoms with Gasteiger partial charge in [0.15, 0.2) is 0 Å². The third-order valence-corrected chi connectivity index (χ3v) is 4.29. The molecule has 3 heteroatoms. The van der Waals surface area contributed by atoms with Crippen LogP contribution in [-0.2, 0) is 6.42 Å². The van der Waals surface area contributed by atoms with E-state index in [-0.39, 0.29) is 5.91 Å². The highest BCUT2D eigenvalue weighted by Crippen LogP contribution is 2.18. The Balaban J connectivity index is 1.54. The molecule has 102 valence electrons. The summed E-state index contributed by atoms with van der Waals surface area (Å²) in [7, 11) is 0. The van der Waals surface area contributed by atoms with E-state index in [1.165, 1.54) is 31.5 Å². The number of amides is 1. The van der Waals surface area contributed by atoms with Crippen molar-refractivity contribution in [2.75, 3.05) is 32.7 Å². The summed E-state index contributed by atoms with van der Waals surface area (Å²) in [5.41, 5.74) is 2.12. The van der Waals surface area contributed by atoms with Gasteiger partial charge >= 0.3 is 0 Å². The Hall–Kier alpha value is -1.35. The van der Waals surface area contributed by atoms with E-state index in [4.69, 9.17) is 0 Å². The topological polar surface area (TPSA) is 23.6 Å². The number of hydrogen-bond acceptors (Lipinski definition) is 2. The van der Waals surface area contributed by atoms with Crippen LogP contribution in [0.1, 0.15) is 35.2 Å². The van der Waals surface area contributed by atoms with Gasteiger partial charge < -0.3 is 9.80 Å². The van der Waals surface area contributed by atoms with Crippen LogP contribution in [0.4, 0.5) is 0 Å². The van der Waals surface area contributed by atoms with E-state index in [0.29, 0.717) is 0 Å². The first kappa shape index (κ1) is 12.7. The highest BCUT2D eigenvalue weighted by Gasteiger charge is 2.23. The number of fused-ring (bicyclic) bond motifs is 1. The number of carbonyl (C=O) groups excluding carboxylic acids is 1. The third kappa shape index (κ3) is 2.81. The van der Waals surface area contributed by atoms with Crippen molar-refractivity contribution >= 4 is 5.91 Å². The second-order valence-electron chi connectivity index (χ2n) is 5.60. The Kier molecular flexibility index (Phi) is 3.83. The van der Waals surface area contributed by atoms with Crippen molar-refractivity contribution in [3.05, 3.63) is 35.4 Å². The lowest BCUT2D eigenvalue weighted by atomic mass is 9.99. The molecule has 1 aromatic carbocycles. The molecule has 1 aromatic rings. The Labute approximate surface area is 115 Å². The normalized spacial score (nSPS) is 19.8. The molecule has 0 N–H and O–H groups in total. The number of carbonyl (C=O) groups is 1. The minimum absolute atomic E-state index is 0.225. The molecule has 2 heterocycles. The van der Waals surface area contributed by atoms with E-state index in [1.54, 1.807) is 0 Å². The van der Waals surface area contributed by atoms with Crippen LogP contribution < -0.4 is 0 Å². The average molecular weight is 258 g/mol. The van der Waals surface area contributed by atoms with Crippen molar-refractivity contribution in [1.82, 2.24) is 9.80 Å². The first-order chi connectivity index (χ1) is 9.34. The van der Waals surface area contributed by atoms with E-state index in [2.05, 4.69) is 11.0 Å². The van der Waals surface area contributed by atoms with Crippen molar-refractivity contribution in [3.8, 4) is 0 Å². The van der Waals surface area contributed by atoms with Crippen LogP contribution in [0.25, 0.3) is 0 Å². The molecule has 0 bridgehead atoms. The molecule has 1 fully saturated rings. The molecular weight excluding hydrogens is 236 g/mol. The molecule has 3 nitrogen and oxygen atoms in total. The van der Waals surface area contributed by atoms with E-state index in [1.807, 2.05) is 23.1 Å². The molecule has 0 unspecified atom stereocenters. The summed E-state index contributed by atoms with van der Waals surface area (Å²) >= 11 is 0. The zero-order valence-corrected chi connectivity index (χ0v) is 11.5. The number of likely N-dealkylation sites (tertiary alicyclic amines) is 1. The lowest BCUT2D eigenvalue weighted by Gasteiger charge is -2.29. The molecule has 1 amide bonds. The summed E-state index contributed by atoms with van der Waals surface area (Å²) in [6.07, 6.45) is 4.80. The molecular formula is C16H22N2O. The molecule has 3 rings (SSSR count). The Morgan fingerprint density at radius 2 is 1.79 bits per heavy atom. The second kappa shape index (κ2) is 5.74. The minimum Gasteiger partial charge on any atom is -0.338 e. The van der Waals surface area contributed by atoms with Crippen LogP contribution in [0.2, 0.25) is 0 Å². The number of hydrogen-bond donors (Lipinski definition) is 0. The summed E-state index contributed by atoms with van der Waals surface area (Å²) in [6.45, 7) is 5.43. The maximum absolute atomic E-state index is 12.4. The highest BCUT2D eigenvalue weighted by atomic mass is 16.2. The predicted octanol–water partition coefficient (Wildman–Crippen LogP) is 2.17. The van der Waals surface area contributed by atoms with E-state index in [9.17, 15) is 4.79 Å². The van der Waals surface area contributed by atoms with Gasteiger partial charge in [0.2, 0.25) is 0 Å². The summed E-state index contributed by atoms with van der Waals surface area (Å²) < 4.78 is 0. The van der Waals surface area contributed by atoms with Gasteiger partial charge in [-0.2, -0.15) is 0 Å². The maximum atomic E-state index is 12.4. The highest BCUT2D eigenvalue weighted by molar-refractivity contribution is 5.96. The van der Waals surface area contributed by atoms with Gasteiger partial charge in [0.25, 0.3) is 5.91 Å². The predicted molar refractivity (Wildman–Crippen MR) is 76.3 cm³/mol. The van der Waals surface area contributed by atoms with Crippen LogP contribution in [0.3, 0.4) is 0 Å². The monoisotopic (exact) mass is 258 g/mol. The Morgan fingerprint density at radius 1 is 1.00 bits per heavy atom. The van der Waals surface area contributed by atoms with Crippen molar-refractivity contribution in [2.45, 2.75) is 25.7 Å². The smallest absolute Gasteiger partial charge is 0.254 e. The minimum atomic E-state index is 0.225. The largest absolute Gasteiger partial charge is 0.338 e. The molecule has 0 spiro atoms. The standard InChI is InChI=1S/C16H22N2O/c19-16-15-7-2-1-6-14(15)8-13-18(16)12-5-11-17-9-3-4-10-17/h1-2,6-7H,3-5,8-13H2. The van der Waals surface area contributed by atoms with Gasteiger partial charge in [0, 0.05) is 18.7 Å². The fourth-order valence-corrected chi connectivity index (χ4v) is 3.18. The average Bonchev–Trinajstić information content (AvgIpc) is 2.95. The molecule has 0 aromatic heterocycles. The summed E-state index contributed by atoms with van der Waals surface area (Å²) in [6, 6.07) is 8.03. The van der Waals surface area contributed by atoms with Crippen LogP contribution >= 0.6 is 0 Å². The Morgan fingerprint density at radius 3 is 2.63 bits per heavy atom. The molecule has 0 radical (unpaired) electrons. The van der Waals surface area contributed by atoms with Crippen LogP contribution in [0, 0.1) is 0 Å². The lowest BCUT2D eigenvalue weighted by molar-refractivity contribution is 0.0733. The summed E-state index contributed by atoms with van der Waals surface area (Å²) in [4.78, 5) is 16.9. The van der Waals surface area contributed by atoms with Gasteiger partial charge in [0.05, 0.1) is 0 Å². The first-order valence-electron chi connectivity index (χ1n) is 7.44. The molecule has 19 heavy (non-hydrogen) atoms. The second-order valence-corrected chi connectivity index (χ2v) is 5.60. The van der Waals surface area contributed by atoms with Crippen molar-refractivity contribution in [1.29, 1.82) is 0 Å². The van der Waals surface area contributed by atoms with Gasteiger partial charge in [-0.1, -0.05) is 18.2 Å². The van der Waals surface area contributed by atoms with Gasteiger partial charge in [-0.15, -0.1) is 0 Å². The third-order valence-electron chi connectivity index (χ3n) is 4.29. The van der Waals surface area contributed by atoms with Crippen LogP contribution in [0.5, 0.6) is 0 Å². The quantitative estimate of drug-likeness (QED) is 0.826. The van der Waals surface area contributed by atoms with Gasteiger partial charge in [-0.05, 0) is 56.9 Å². The van der Waals surface area contributed by atoms with Crippen LogP contribution in [-0.4, -0.2) is 48.4 Å². The van der Waals surface area contributed by atoms with Gasteiger partial charge in [-0.3, -0.25) is 4.79 Å². The fourth-order valence-electron chi connectivity index (χ4n) is 3.18. The maximum Gasteiger partial charge on any atom is 0.254 e. The van der Waals surface area contributed by atoms with Gasteiger partial charge in [-0.25, -0.2) is 0 Å². The molecule has 0 saturated carbocycles. The van der Waals surface area contributed by atoms with E-state index in [0.717, 1.165) is 38.0 Å². The number of benzene rings is 1. The van der Waals surface area contributed by atoms with E-state index < -0.39 is 0 Å². The molecule has 1 saturated heterocycles. The zero-order valence-electron chi connectivity index (χ0n) is 11.5. The Bertz CT molecular complexity index is 452. The SMILES string of the molecule is O=C1c2ccccc2CCN1CCCN1CCCC1. The van der Waals surface area contributed by atoms with Crippen molar-refractivity contribution < 1.29 is 4.79 Å². The van der Waals surface area contributed by atoms with Gasteiger partial charge in [0.1, 0.15) is 0 Å². The van der Waals surface area contributed by atoms with Crippen LogP contribution in [0.15, 0.2) is 24.3 Å². The molecule has 0 aliphatic carbocycles. The van der Waals surface area contributed by atoms with Crippen molar-refractivity contribution in [2.24, 2.45) is 0 Å². The first-order valence-corrected chi connectivity index (χ1v) is 7.44. The fraction of sp³-hybridized carbons (Fsp3) is 0.562.